The first-order chi connectivity index (χ1) is 10.8. The van der Waals surface area contributed by atoms with Crippen LogP contribution in [0.2, 0.25) is 0 Å². The fourth-order valence-electron chi connectivity index (χ4n) is 1.53. The normalized spacial score (nSPS) is 14.2. The van der Waals surface area contributed by atoms with Crippen LogP contribution in [-0.2, 0) is 29.9 Å². The molecule has 128 valence electrons. The van der Waals surface area contributed by atoms with Gasteiger partial charge in [0.15, 0.2) is 9.84 Å². The largest absolute Gasteiger partial charge is 0.437 e. The Bertz CT molecular complexity index is 731. The number of benzene rings is 1. The molecule has 0 saturated carbocycles. The lowest BCUT2D eigenvalue weighted by Crippen LogP contribution is -2.40. The molecule has 1 aromatic rings. The summed E-state index contributed by atoms with van der Waals surface area (Å²) in [5.41, 5.74) is 0. The summed E-state index contributed by atoms with van der Waals surface area (Å²) in [5.74, 6) is 0. The molecule has 0 spiro atoms. The zero-order valence-electron chi connectivity index (χ0n) is 12.3. The van der Waals surface area contributed by atoms with E-state index in [1.54, 1.807) is 30.3 Å². The van der Waals surface area contributed by atoms with E-state index in [4.69, 9.17) is 4.74 Å². The Kier molecular flexibility index (Phi) is 7.65. The number of amides is 1. The summed E-state index contributed by atoms with van der Waals surface area (Å²) >= 11 is 0. The maximum Gasteiger partial charge on any atom is 0.437 e. The van der Waals surface area contributed by atoms with Crippen LogP contribution >= 0.6 is 0 Å². The van der Waals surface area contributed by atoms with E-state index in [0.717, 1.165) is 0 Å². The van der Waals surface area contributed by atoms with Crippen molar-refractivity contribution >= 4 is 26.4 Å². The molecule has 2 rings (SSSR count). The summed E-state index contributed by atoms with van der Waals surface area (Å²) in [4.78, 5) is 16.8. The highest BCUT2D eigenvalue weighted by Gasteiger charge is 2.18. The third-order valence-electron chi connectivity index (χ3n) is 2.62. The lowest BCUT2D eigenvalue weighted by molar-refractivity contribution is 0.0285. The Morgan fingerprint density at radius 3 is 2.22 bits per heavy atom. The molecule has 1 aliphatic rings. The molecule has 0 N–H and O–H groups in total. The first-order valence-corrected chi connectivity index (χ1v) is 9.32. The molecule has 1 saturated heterocycles. The van der Waals surface area contributed by atoms with Gasteiger partial charge in [-0.15, -0.1) is 0 Å². The Balaban J connectivity index is 0.000000238. The van der Waals surface area contributed by atoms with E-state index in [0.29, 0.717) is 31.2 Å². The first-order valence-electron chi connectivity index (χ1n) is 6.40. The SMILES string of the molecule is CS(=O)(=O)c1ccccc1.O=C(ON=S(=O)=O)N1CCOCC1. The third-order valence-corrected chi connectivity index (χ3v) is 3.94. The second kappa shape index (κ2) is 9.22. The second-order valence-electron chi connectivity index (χ2n) is 4.33. The molecule has 0 bridgehead atoms. The number of morpholine rings is 1. The summed E-state index contributed by atoms with van der Waals surface area (Å²) in [5, 5.41) is 0. The van der Waals surface area contributed by atoms with E-state index in [1.165, 1.54) is 11.2 Å². The van der Waals surface area contributed by atoms with Crippen molar-refractivity contribution < 1.29 is 31.2 Å². The molecular weight excluding hydrogens is 348 g/mol. The molecule has 11 heteroatoms. The van der Waals surface area contributed by atoms with Crippen molar-refractivity contribution in [3.05, 3.63) is 30.3 Å². The lowest BCUT2D eigenvalue weighted by Gasteiger charge is -2.24. The van der Waals surface area contributed by atoms with Crippen molar-refractivity contribution in [2.24, 2.45) is 4.53 Å². The standard InChI is InChI=1S/C7H8O2S.C5H8N2O5S/c1-10(8,9)7-5-3-2-4-6-7;8-5(12-6-13(9)10)7-1-3-11-4-2-7/h2-6H,1H3;1-4H2. The van der Waals surface area contributed by atoms with Gasteiger partial charge in [-0.2, -0.15) is 8.42 Å². The van der Waals surface area contributed by atoms with E-state index in [-0.39, 0.29) is 0 Å². The summed E-state index contributed by atoms with van der Waals surface area (Å²) in [6.07, 6.45) is 0.426. The van der Waals surface area contributed by atoms with Gasteiger partial charge in [0.05, 0.1) is 22.6 Å². The summed E-state index contributed by atoms with van der Waals surface area (Å²) in [7, 11) is -5.72. The minimum absolute atomic E-state index is 0.370. The van der Waals surface area contributed by atoms with Crippen molar-refractivity contribution in [3.63, 3.8) is 0 Å². The Morgan fingerprint density at radius 2 is 1.78 bits per heavy atom. The van der Waals surface area contributed by atoms with Gasteiger partial charge < -0.3 is 9.64 Å². The van der Waals surface area contributed by atoms with Crippen LogP contribution in [0.3, 0.4) is 0 Å². The number of hydrogen-bond acceptors (Lipinski definition) is 8. The van der Waals surface area contributed by atoms with Crippen LogP contribution in [0.25, 0.3) is 0 Å². The van der Waals surface area contributed by atoms with Gasteiger partial charge >= 0.3 is 16.6 Å². The maximum atomic E-state index is 11.0. The molecule has 1 fully saturated rings. The van der Waals surface area contributed by atoms with Crippen LogP contribution < -0.4 is 0 Å². The highest BCUT2D eigenvalue weighted by molar-refractivity contribution is 7.90. The molecule has 0 aliphatic carbocycles. The first kappa shape index (κ1) is 19.1. The average Bonchev–Trinajstić information content (AvgIpc) is 2.54. The van der Waals surface area contributed by atoms with Crippen molar-refractivity contribution in [1.29, 1.82) is 0 Å². The van der Waals surface area contributed by atoms with E-state index in [1.807, 2.05) is 0 Å². The number of carbonyl (C=O) groups excluding carboxylic acids is 1. The molecule has 1 aromatic carbocycles. The van der Waals surface area contributed by atoms with Crippen LogP contribution in [0.4, 0.5) is 4.79 Å². The van der Waals surface area contributed by atoms with Gasteiger partial charge in [-0.1, -0.05) is 18.2 Å². The monoisotopic (exact) mass is 364 g/mol. The zero-order chi connectivity index (χ0) is 17.3. The van der Waals surface area contributed by atoms with Gasteiger partial charge in [-0.25, -0.2) is 13.2 Å². The summed E-state index contributed by atoms with van der Waals surface area (Å²) < 4.78 is 49.0. The second-order valence-corrected chi connectivity index (χ2v) is 6.93. The molecule has 1 heterocycles. The van der Waals surface area contributed by atoms with E-state index >= 15 is 0 Å². The third kappa shape index (κ3) is 7.72. The van der Waals surface area contributed by atoms with Crippen LogP contribution in [0, 0.1) is 0 Å². The highest BCUT2D eigenvalue weighted by atomic mass is 32.2. The van der Waals surface area contributed by atoms with Gasteiger partial charge in [-0.05, 0) is 12.1 Å². The van der Waals surface area contributed by atoms with Crippen molar-refractivity contribution in [2.75, 3.05) is 32.6 Å². The van der Waals surface area contributed by atoms with Crippen molar-refractivity contribution in [2.45, 2.75) is 4.90 Å². The van der Waals surface area contributed by atoms with Crippen LogP contribution in [-0.4, -0.2) is 60.4 Å². The Morgan fingerprint density at radius 1 is 1.22 bits per heavy atom. The van der Waals surface area contributed by atoms with Gasteiger partial charge in [-0.3, -0.25) is 4.84 Å². The molecule has 1 aliphatic heterocycles. The topological polar surface area (TPSA) is 119 Å². The maximum absolute atomic E-state index is 11.0. The molecule has 0 unspecified atom stereocenters. The van der Waals surface area contributed by atoms with Crippen molar-refractivity contribution in [3.8, 4) is 0 Å². The highest BCUT2D eigenvalue weighted by Crippen LogP contribution is 2.05. The predicted octanol–water partition coefficient (Wildman–Crippen LogP) is 0.523. The molecule has 0 atom stereocenters. The quantitative estimate of drug-likeness (QED) is 0.702. The molecule has 9 nitrogen and oxygen atoms in total. The predicted molar refractivity (Wildman–Crippen MR) is 79.8 cm³/mol. The van der Waals surface area contributed by atoms with E-state index < -0.39 is 26.4 Å². The summed E-state index contributed by atoms with van der Waals surface area (Å²) in [6, 6.07) is 8.35. The zero-order valence-corrected chi connectivity index (χ0v) is 13.9. The van der Waals surface area contributed by atoms with Crippen molar-refractivity contribution in [1.82, 2.24) is 4.90 Å². The van der Waals surface area contributed by atoms with Crippen LogP contribution in [0.15, 0.2) is 39.8 Å². The molecule has 0 radical (unpaired) electrons. The number of hydrogen-bond donors (Lipinski definition) is 0. The van der Waals surface area contributed by atoms with E-state index in [9.17, 15) is 21.6 Å². The smallest absolute Gasteiger partial charge is 0.378 e. The number of rotatable bonds is 2. The molecule has 0 aromatic heterocycles. The Labute approximate surface area is 135 Å². The number of ether oxygens (including phenoxy) is 1. The fraction of sp³-hybridized carbons (Fsp3) is 0.417. The molecule has 23 heavy (non-hydrogen) atoms. The van der Waals surface area contributed by atoms with Gasteiger partial charge in [0.1, 0.15) is 0 Å². The number of nitrogens with zero attached hydrogens (tertiary/aromatic N) is 2. The molecule has 1 amide bonds. The van der Waals surface area contributed by atoms with Crippen LogP contribution in [0.1, 0.15) is 0 Å². The minimum atomic E-state index is -3.00. The lowest BCUT2D eigenvalue weighted by atomic mass is 10.4. The van der Waals surface area contributed by atoms with Gasteiger partial charge in [0.2, 0.25) is 0 Å². The van der Waals surface area contributed by atoms with Gasteiger partial charge in [0.25, 0.3) is 0 Å². The van der Waals surface area contributed by atoms with Crippen LogP contribution in [0.5, 0.6) is 0 Å². The fourth-order valence-corrected chi connectivity index (χ4v) is 2.31. The average molecular weight is 364 g/mol. The number of carbonyl (C=O) groups is 1. The summed E-state index contributed by atoms with van der Waals surface area (Å²) in [6.45, 7) is 1.63. The molecular formula is C12H16N2O7S2. The number of sulfone groups is 1. The van der Waals surface area contributed by atoms with Gasteiger partial charge in [0, 0.05) is 19.3 Å². The van der Waals surface area contributed by atoms with E-state index in [2.05, 4.69) is 9.36 Å². The Hall–Kier alpha value is -1.98. The minimum Gasteiger partial charge on any atom is -0.378 e.